The Balaban J connectivity index is 2.88. The van der Waals surface area contributed by atoms with E-state index in [1.807, 2.05) is 12.1 Å². The molecule has 0 saturated carbocycles. The molecule has 0 bridgehead atoms. The van der Waals surface area contributed by atoms with Crippen LogP contribution in [0.2, 0.25) is 10.0 Å². The third kappa shape index (κ3) is 4.79. The van der Waals surface area contributed by atoms with Gasteiger partial charge in [0, 0.05) is 16.1 Å². The Kier molecular flexibility index (Phi) is 7.06. The van der Waals surface area contributed by atoms with Gasteiger partial charge in [0.2, 0.25) is 0 Å². The average molecular weight is 288 g/mol. The molecular weight excluding hydrogens is 265 g/mol. The first-order valence-electron chi connectivity index (χ1n) is 6.80. The largest absolute Gasteiger partial charge is 0.310 e. The fourth-order valence-electron chi connectivity index (χ4n) is 2.32. The van der Waals surface area contributed by atoms with Gasteiger partial charge in [-0.1, -0.05) is 56.8 Å². The van der Waals surface area contributed by atoms with Crippen molar-refractivity contribution in [1.29, 1.82) is 0 Å². The van der Waals surface area contributed by atoms with Crippen LogP contribution in [0.15, 0.2) is 18.2 Å². The summed E-state index contributed by atoms with van der Waals surface area (Å²) < 4.78 is 0. The van der Waals surface area contributed by atoms with Gasteiger partial charge in [0.1, 0.15) is 0 Å². The van der Waals surface area contributed by atoms with Crippen molar-refractivity contribution in [3.05, 3.63) is 33.8 Å². The van der Waals surface area contributed by atoms with Crippen LogP contribution >= 0.6 is 23.2 Å². The Morgan fingerprint density at radius 1 is 1.00 bits per heavy atom. The summed E-state index contributed by atoms with van der Waals surface area (Å²) in [5.74, 6) is 0.742. The second-order valence-electron chi connectivity index (χ2n) is 4.73. The molecule has 1 unspecified atom stereocenters. The lowest BCUT2D eigenvalue weighted by atomic mass is 9.91. The quantitative estimate of drug-likeness (QED) is 0.701. The average Bonchev–Trinajstić information content (AvgIpc) is 2.33. The van der Waals surface area contributed by atoms with Crippen LogP contribution < -0.4 is 5.32 Å². The first kappa shape index (κ1) is 15.8. The normalized spacial score (nSPS) is 13.0. The predicted molar refractivity (Wildman–Crippen MR) is 81.6 cm³/mol. The Morgan fingerprint density at radius 2 is 1.56 bits per heavy atom. The molecule has 0 heterocycles. The highest BCUT2D eigenvalue weighted by atomic mass is 35.5. The SMILES string of the molecule is CCNC(CC(CC)CC)c1cc(Cl)cc(Cl)c1. The van der Waals surface area contributed by atoms with E-state index in [0.717, 1.165) is 18.9 Å². The minimum absolute atomic E-state index is 0.344. The molecule has 1 nitrogen and oxygen atoms in total. The smallest absolute Gasteiger partial charge is 0.0424 e. The molecule has 0 spiro atoms. The van der Waals surface area contributed by atoms with Gasteiger partial charge in [-0.2, -0.15) is 0 Å². The molecular formula is C15H23Cl2N. The summed E-state index contributed by atoms with van der Waals surface area (Å²) in [5, 5.41) is 4.96. The number of hydrogen-bond donors (Lipinski definition) is 1. The van der Waals surface area contributed by atoms with Gasteiger partial charge in [0.25, 0.3) is 0 Å². The zero-order chi connectivity index (χ0) is 13.5. The molecule has 0 aliphatic carbocycles. The molecule has 0 aliphatic heterocycles. The summed E-state index contributed by atoms with van der Waals surface area (Å²) in [6.45, 7) is 7.59. The third-order valence-corrected chi connectivity index (χ3v) is 3.90. The topological polar surface area (TPSA) is 12.0 Å². The van der Waals surface area contributed by atoms with Crippen LogP contribution in [-0.4, -0.2) is 6.54 Å². The van der Waals surface area contributed by atoms with Gasteiger partial charge in [-0.15, -0.1) is 0 Å². The van der Waals surface area contributed by atoms with E-state index in [9.17, 15) is 0 Å². The number of halogens is 2. The molecule has 0 amide bonds. The highest BCUT2D eigenvalue weighted by Crippen LogP contribution is 2.29. The molecule has 0 aliphatic rings. The predicted octanol–water partition coefficient (Wildman–Crippen LogP) is 5.47. The first-order chi connectivity index (χ1) is 8.60. The van der Waals surface area contributed by atoms with Gasteiger partial charge in [0.05, 0.1) is 0 Å². The molecule has 3 heteroatoms. The Morgan fingerprint density at radius 3 is 2.00 bits per heavy atom. The van der Waals surface area contributed by atoms with Crippen molar-refractivity contribution in [2.75, 3.05) is 6.54 Å². The van der Waals surface area contributed by atoms with E-state index in [1.165, 1.54) is 18.4 Å². The molecule has 1 aromatic carbocycles. The second kappa shape index (κ2) is 8.04. The van der Waals surface area contributed by atoms with Crippen molar-refractivity contribution in [3.63, 3.8) is 0 Å². The summed E-state index contributed by atoms with van der Waals surface area (Å²) in [6.07, 6.45) is 3.57. The summed E-state index contributed by atoms with van der Waals surface area (Å²) in [5.41, 5.74) is 1.20. The van der Waals surface area contributed by atoms with Crippen molar-refractivity contribution in [2.45, 2.75) is 46.1 Å². The highest BCUT2D eigenvalue weighted by molar-refractivity contribution is 6.34. The summed E-state index contributed by atoms with van der Waals surface area (Å²) >= 11 is 12.2. The maximum atomic E-state index is 6.09. The number of hydrogen-bond acceptors (Lipinski definition) is 1. The molecule has 0 saturated heterocycles. The standard InChI is InChI=1S/C15H23Cl2N/c1-4-11(5-2)7-15(18-6-3)12-8-13(16)10-14(17)9-12/h8-11,15,18H,4-7H2,1-3H3. The fraction of sp³-hybridized carbons (Fsp3) is 0.600. The Bertz CT molecular complexity index is 341. The van der Waals surface area contributed by atoms with Gasteiger partial charge in [-0.3, -0.25) is 0 Å². The molecule has 0 fully saturated rings. The van der Waals surface area contributed by atoms with Gasteiger partial charge in [-0.05, 0) is 42.6 Å². The Labute approximate surface area is 121 Å². The second-order valence-corrected chi connectivity index (χ2v) is 5.60. The summed E-state index contributed by atoms with van der Waals surface area (Å²) in [4.78, 5) is 0. The van der Waals surface area contributed by atoms with Crippen LogP contribution in [0.3, 0.4) is 0 Å². The highest BCUT2D eigenvalue weighted by Gasteiger charge is 2.16. The fourth-order valence-corrected chi connectivity index (χ4v) is 2.86. The van der Waals surface area contributed by atoms with Gasteiger partial charge >= 0.3 is 0 Å². The van der Waals surface area contributed by atoms with Crippen molar-refractivity contribution >= 4 is 23.2 Å². The van der Waals surface area contributed by atoms with Gasteiger partial charge in [0.15, 0.2) is 0 Å². The van der Waals surface area contributed by atoms with Crippen LogP contribution in [0.5, 0.6) is 0 Å². The Hall–Kier alpha value is -0.240. The van der Waals surface area contributed by atoms with Gasteiger partial charge < -0.3 is 5.32 Å². The van der Waals surface area contributed by atoms with E-state index in [4.69, 9.17) is 23.2 Å². The summed E-state index contributed by atoms with van der Waals surface area (Å²) in [7, 11) is 0. The number of rotatable bonds is 7. The van der Waals surface area contributed by atoms with Crippen molar-refractivity contribution in [2.24, 2.45) is 5.92 Å². The van der Waals surface area contributed by atoms with E-state index >= 15 is 0 Å². The van der Waals surface area contributed by atoms with Crippen molar-refractivity contribution in [1.82, 2.24) is 5.32 Å². The van der Waals surface area contributed by atoms with Crippen LogP contribution in [0.25, 0.3) is 0 Å². The number of benzene rings is 1. The van der Waals surface area contributed by atoms with Gasteiger partial charge in [-0.25, -0.2) is 0 Å². The molecule has 1 N–H and O–H groups in total. The molecule has 1 rings (SSSR count). The minimum Gasteiger partial charge on any atom is -0.310 e. The first-order valence-corrected chi connectivity index (χ1v) is 7.55. The molecule has 0 aromatic heterocycles. The van der Waals surface area contributed by atoms with Crippen molar-refractivity contribution in [3.8, 4) is 0 Å². The van der Waals surface area contributed by atoms with Crippen LogP contribution in [0, 0.1) is 5.92 Å². The third-order valence-electron chi connectivity index (χ3n) is 3.46. The monoisotopic (exact) mass is 287 g/mol. The molecule has 1 atom stereocenters. The van der Waals surface area contributed by atoms with E-state index in [1.54, 1.807) is 6.07 Å². The minimum atomic E-state index is 0.344. The molecule has 0 radical (unpaired) electrons. The lowest BCUT2D eigenvalue weighted by Crippen LogP contribution is -2.23. The molecule has 18 heavy (non-hydrogen) atoms. The van der Waals surface area contributed by atoms with Crippen LogP contribution in [0.4, 0.5) is 0 Å². The maximum Gasteiger partial charge on any atom is 0.0424 e. The van der Waals surface area contributed by atoms with E-state index < -0.39 is 0 Å². The summed E-state index contributed by atoms with van der Waals surface area (Å²) in [6, 6.07) is 6.16. The zero-order valence-corrected chi connectivity index (χ0v) is 13.0. The van der Waals surface area contributed by atoms with Crippen molar-refractivity contribution < 1.29 is 0 Å². The molecule has 1 aromatic rings. The van der Waals surface area contributed by atoms with E-state index in [2.05, 4.69) is 26.1 Å². The van der Waals surface area contributed by atoms with Crippen LogP contribution in [0.1, 0.15) is 51.6 Å². The lowest BCUT2D eigenvalue weighted by Gasteiger charge is -2.23. The number of nitrogens with one attached hydrogen (secondary N) is 1. The van der Waals surface area contributed by atoms with E-state index in [0.29, 0.717) is 16.1 Å². The van der Waals surface area contributed by atoms with E-state index in [-0.39, 0.29) is 0 Å². The molecule has 102 valence electrons. The zero-order valence-electron chi connectivity index (χ0n) is 11.5. The van der Waals surface area contributed by atoms with Crippen LogP contribution in [-0.2, 0) is 0 Å². The lowest BCUT2D eigenvalue weighted by molar-refractivity contribution is 0.375. The maximum absolute atomic E-state index is 6.09.